The maximum atomic E-state index is 12.5. The molecule has 0 aromatic heterocycles. The molecule has 0 bridgehead atoms. The van der Waals surface area contributed by atoms with Gasteiger partial charge in [0.2, 0.25) is 0 Å². The standard InChI is InChI=1S/C11H10F3N3S/c1-7-3-4-8(11(12,13)14)5-9(7)17-10(18-2)16-6-15/h3-5H,1-2H3,(H,16,17). The third-order valence-corrected chi connectivity index (χ3v) is 2.69. The monoisotopic (exact) mass is 273 g/mol. The van der Waals surface area contributed by atoms with Crippen LogP contribution in [0.5, 0.6) is 0 Å². The van der Waals surface area contributed by atoms with E-state index in [1.54, 1.807) is 19.4 Å². The second-order valence-corrected chi connectivity index (χ2v) is 4.15. The largest absolute Gasteiger partial charge is 0.416 e. The lowest BCUT2D eigenvalue weighted by atomic mass is 10.1. The Balaban J connectivity index is 3.20. The van der Waals surface area contributed by atoms with E-state index in [-0.39, 0.29) is 10.9 Å². The fourth-order valence-corrected chi connectivity index (χ4v) is 1.53. The topological polar surface area (TPSA) is 48.2 Å². The second-order valence-electron chi connectivity index (χ2n) is 3.36. The number of amidine groups is 1. The van der Waals surface area contributed by atoms with E-state index >= 15 is 0 Å². The molecule has 0 aliphatic rings. The van der Waals surface area contributed by atoms with Crippen LogP contribution in [0.4, 0.5) is 18.9 Å². The molecule has 1 aromatic carbocycles. The Morgan fingerprint density at radius 3 is 2.61 bits per heavy atom. The van der Waals surface area contributed by atoms with E-state index in [9.17, 15) is 13.2 Å². The van der Waals surface area contributed by atoms with E-state index in [2.05, 4.69) is 10.3 Å². The lowest BCUT2D eigenvalue weighted by molar-refractivity contribution is -0.137. The summed E-state index contributed by atoms with van der Waals surface area (Å²) in [5.41, 5.74) is 0.0375. The van der Waals surface area contributed by atoms with Crippen molar-refractivity contribution >= 4 is 22.6 Å². The molecule has 0 aliphatic carbocycles. The van der Waals surface area contributed by atoms with Gasteiger partial charge in [-0.3, -0.25) is 5.32 Å². The van der Waals surface area contributed by atoms with E-state index in [1.165, 1.54) is 6.07 Å². The van der Waals surface area contributed by atoms with Crippen molar-refractivity contribution in [3.63, 3.8) is 0 Å². The molecule has 0 saturated heterocycles. The minimum atomic E-state index is -4.40. The average molecular weight is 273 g/mol. The van der Waals surface area contributed by atoms with Crippen molar-refractivity contribution in [2.45, 2.75) is 13.1 Å². The van der Waals surface area contributed by atoms with E-state index in [1.807, 2.05) is 0 Å². The lowest BCUT2D eigenvalue weighted by Gasteiger charge is -2.09. The number of rotatable bonds is 1. The lowest BCUT2D eigenvalue weighted by Crippen LogP contribution is -2.12. The SMILES string of the molecule is CSC(=Nc1cc(C(F)(F)F)ccc1C)NC#N. The minimum absolute atomic E-state index is 0.192. The van der Waals surface area contributed by atoms with Gasteiger partial charge in [-0.1, -0.05) is 17.8 Å². The molecule has 1 rings (SSSR count). The number of nitrogens with zero attached hydrogens (tertiary/aromatic N) is 2. The molecule has 0 heterocycles. The number of aliphatic imine (C=N–C) groups is 1. The van der Waals surface area contributed by atoms with Crippen molar-refractivity contribution in [3.8, 4) is 6.19 Å². The molecular formula is C11H10F3N3S. The van der Waals surface area contributed by atoms with Crippen molar-refractivity contribution in [2.24, 2.45) is 4.99 Å². The zero-order valence-electron chi connectivity index (χ0n) is 9.67. The Morgan fingerprint density at radius 2 is 2.11 bits per heavy atom. The molecular weight excluding hydrogens is 263 g/mol. The number of aryl methyl sites for hydroxylation is 1. The average Bonchev–Trinajstić information content (AvgIpc) is 2.29. The summed E-state index contributed by atoms with van der Waals surface area (Å²) < 4.78 is 37.6. The van der Waals surface area contributed by atoms with Gasteiger partial charge in [0.05, 0.1) is 11.3 Å². The van der Waals surface area contributed by atoms with E-state index in [0.717, 1.165) is 23.9 Å². The Bertz CT molecular complexity index is 503. The molecule has 0 radical (unpaired) electrons. The summed E-state index contributed by atoms with van der Waals surface area (Å²) in [7, 11) is 0. The molecule has 1 N–H and O–H groups in total. The van der Waals surface area contributed by atoms with Gasteiger partial charge in [0.25, 0.3) is 0 Å². The normalized spacial score (nSPS) is 12.1. The minimum Gasteiger partial charge on any atom is -0.271 e. The van der Waals surface area contributed by atoms with Gasteiger partial charge in [-0.15, -0.1) is 0 Å². The number of thioether (sulfide) groups is 1. The molecule has 3 nitrogen and oxygen atoms in total. The number of hydrogen-bond donors (Lipinski definition) is 1. The Kier molecular flexibility index (Phi) is 4.62. The zero-order valence-corrected chi connectivity index (χ0v) is 10.5. The molecule has 0 spiro atoms. The van der Waals surface area contributed by atoms with Crippen LogP contribution >= 0.6 is 11.8 Å². The molecule has 0 aliphatic heterocycles. The highest BCUT2D eigenvalue weighted by Gasteiger charge is 2.30. The van der Waals surface area contributed by atoms with Gasteiger partial charge in [0, 0.05) is 0 Å². The summed E-state index contributed by atoms with van der Waals surface area (Å²) in [6.07, 6.45) is -1.05. The number of alkyl halides is 3. The number of halogens is 3. The summed E-state index contributed by atoms with van der Waals surface area (Å²) in [5.74, 6) is 0. The number of benzene rings is 1. The van der Waals surface area contributed by atoms with Crippen LogP contribution in [0, 0.1) is 18.4 Å². The predicted molar refractivity (Wildman–Crippen MR) is 65.5 cm³/mol. The fourth-order valence-electron chi connectivity index (χ4n) is 1.19. The van der Waals surface area contributed by atoms with Crippen LogP contribution < -0.4 is 5.32 Å². The molecule has 7 heteroatoms. The molecule has 0 atom stereocenters. The third-order valence-electron chi connectivity index (χ3n) is 2.11. The van der Waals surface area contributed by atoms with Gasteiger partial charge in [0.1, 0.15) is 0 Å². The highest BCUT2D eigenvalue weighted by Crippen LogP contribution is 2.33. The molecule has 96 valence electrons. The first-order valence-corrected chi connectivity index (χ1v) is 6.06. The van der Waals surface area contributed by atoms with Crippen LogP contribution in [0.15, 0.2) is 23.2 Å². The molecule has 0 fully saturated rings. The third kappa shape index (κ3) is 3.67. The van der Waals surface area contributed by atoms with Crippen LogP contribution in [-0.4, -0.2) is 11.4 Å². The number of hydrogen-bond acceptors (Lipinski definition) is 3. The Morgan fingerprint density at radius 1 is 1.44 bits per heavy atom. The van der Waals surface area contributed by atoms with E-state index in [4.69, 9.17) is 5.26 Å². The Labute approximate surface area is 107 Å². The number of nitriles is 1. The maximum Gasteiger partial charge on any atom is 0.416 e. The smallest absolute Gasteiger partial charge is 0.271 e. The van der Waals surface area contributed by atoms with Crippen LogP contribution in [0.25, 0.3) is 0 Å². The van der Waals surface area contributed by atoms with Gasteiger partial charge in [-0.2, -0.15) is 18.4 Å². The molecule has 18 heavy (non-hydrogen) atoms. The maximum absolute atomic E-state index is 12.5. The van der Waals surface area contributed by atoms with Crippen molar-refractivity contribution in [1.82, 2.24) is 5.32 Å². The van der Waals surface area contributed by atoms with Gasteiger partial charge in [-0.05, 0) is 30.9 Å². The highest BCUT2D eigenvalue weighted by molar-refractivity contribution is 8.13. The van der Waals surface area contributed by atoms with Gasteiger partial charge < -0.3 is 0 Å². The molecule has 0 unspecified atom stereocenters. The summed E-state index contributed by atoms with van der Waals surface area (Å²) >= 11 is 1.15. The van der Waals surface area contributed by atoms with Gasteiger partial charge in [-0.25, -0.2) is 4.99 Å². The molecule has 1 aromatic rings. The summed E-state index contributed by atoms with van der Waals surface area (Å²) in [5, 5.41) is 11.0. The van der Waals surface area contributed by atoms with Crippen molar-refractivity contribution in [1.29, 1.82) is 5.26 Å². The summed E-state index contributed by atoms with van der Waals surface area (Å²) in [6.45, 7) is 1.66. The van der Waals surface area contributed by atoms with Crippen LogP contribution in [-0.2, 0) is 6.18 Å². The fraction of sp³-hybridized carbons (Fsp3) is 0.273. The predicted octanol–water partition coefficient (Wildman–Crippen LogP) is 3.44. The van der Waals surface area contributed by atoms with Gasteiger partial charge >= 0.3 is 6.18 Å². The highest BCUT2D eigenvalue weighted by atomic mass is 32.2. The first-order valence-electron chi connectivity index (χ1n) is 4.84. The summed E-state index contributed by atoms with van der Waals surface area (Å²) in [6, 6.07) is 3.32. The van der Waals surface area contributed by atoms with Crippen molar-refractivity contribution in [2.75, 3.05) is 6.26 Å². The van der Waals surface area contributed by atoms with Crippen LogP contribution in [0.3, 0.4) is 0 Å². The molecule has 0 saturated carbocycles. The first kappa shape index (κ1) is 14.4. The second kappa shape index (κ2) is 5.78. The van der Waals surface area contributed by atoms with Crippen LogP contribution in [0.1, 0.15) is 11.1 Å². The van der Waals surface area contributed by atoms with E-state index < -0.39 is 11.7 Å². The van der Waals surface area contributed by atoms with Crippen molar-refractivity contribution in [3.05, 3.63) is 29.3 Å². The first-order chi connectivity index (χ1) is 8.38. The van der Waals surface area contributed by atoms with Gasteiger partial charge in [0.15, 0.2) is 11.4 Å². The quantitative estimate of drug-likeness (QED) is 0.369. The molecule has 0 amide bonds. The van der Waals surface area contributed by atoms with E-state index in [0.29, 0.717) is 5.56 Å². The number of nitrogens with one attached hydrogen (secondary N) is 1. The zero-order chi connectivity index (χ0) is 13.8. The summed E-state index contributed by atoms with van der Waals surface area (Å²) in [4.78, 5) is 3.99. The Hall–Kier alpha value is -1.68. The van der Waals surface area contributed by atoms with Crippen molar-refractivity contribution < 1.29 is 13.2 Å². The van der Waals surface area contributed by atoms with Crippen LogP contribution in [0.2, 0.25) is 0 Å².